The van der Waals surface area contributed by atoms with Crippen molar-refractivity contribution >= 4 is 11.6 Å². The summed E-state index contributed by atoms with van der Waals surface area (Å²) in [5.74, 6) is -0.319. The summed E-state index contributed by atoms with van der Waals surface area (Å²) in [5, 5.41) is 21.0. The van der Waals surface area contributed by atoms with Crippen molar-refractivity contribution in [2.45, 2.75) is 31.3 Å². The van der Waals surface area contributed by atoms with Gasteiger partial charge in [0, 0.05) is 26.7 Å². The molecule has 110 valence electrons. The molecule has 1 N–H and O–H groups in total. The molecule has 0 spiro atoms. The molecule has 0 unspecified atom stereocenters. The molecule has 1 aliphatic rings. The van der Waals surface area contributed by atoms with Crippen LogP contribution in [0, 0.1) is 10.1 Å². The first-order valence-corrected chi connectivity index (χ1v) is 6.61. The highest BCUT2D eigenvalue weighted by atomic mass is 16.6. The van der Waals surface area contributed by atoms with Crippen molar-refractivity contribution in [3.05, 3.63) is 28.1 Å². The van der Waals surface area contributed by atoms with Gasteiger partial charge in [0.05, 0.1) is 16.7 Å². The van der Waals surface area contributed by atoms with Crippen molar-refractivity contribution in [2.24, 2.45) is 7.05 Å². The van der Waals surface area contributed by atoms with Crippen LogP contribution in [0.25, 0.3) is 0 Å². The number of nitrogens with zero attached hydrogens (tertiary/aromatic N) is 3. The van der Waals surface area contributed by atoms with Gasteiger partial charge in [0.1, 0.15) is 5.69 Å². The Kier molecular flexibility index (Phi) is 3.80. The number of hydrogen-bond acceptors (Lipinski definition) is 4. The average Bonchev–Trinajstić information content (AvgIpc) is 2.95. The molecule has 1 saturated carbocycles. The van der Waals surface area contributed by atoms with E-state index in [1.165, 1.54) is 21.7 Å². The molecule has 1 aromatic heterocycles. The monoisotopic (exact) mass is 281 g/mol. The molecule has 20 heavy (non-hydrogen) atoms. The Morgan fingerprint density at radius 2 is 2.15 bits per heavy atom. The Balaban J connectivity index is 2.12. The number of hydrogen-bond donors (Lipinski definition) is 1. The van der Waals surface area contributed by atoms with Gasteiger partial charge in [0.25, 0.3) is 11.6 Å². The minimum absolute atomic E-state index is 0.108. The lowest BCUT2D eigenvalue weighted by atomic mass is 10.0. The zero-order valence-corrected chi connectivity index (χ0v) is 11.7. The van der Waals surface area contributed by atoms with Crippen LogP contribution in [-0.4, -0.2) is 44.6 Å². The quantitative estimate of drug-likeness (QED) is 0.665. The highest BCUT2D eigenvalue weighted by Gasteiger charge is 2.34. The van der Waals surface area contributed by atoms with Crippen LogP contribution in [-0.2, 0) is 7.05 Å². The molecule has 1 fully saturated rings. The molecule has 0 radical (unpaired) electrons. The molecule has 0 aromatic carbocycles. The van der Waals surface area contributed by atoms with E-state index in [2.05, 4.69) is 0 Å². The molecular formula is C13H19N3O4. The summed E-state index contributed by atoms with van der Waals surface area (Å²) >= 11 is 0. The number of carbonyl (C=O) groups excluding carboxylic acids is 1. The maximum atomic E-state index is 12.3. The molecule has 0 saturated heterocycles. The van der Waals surface area contributed by atoms with E-state index in [1.54, 1.807) is 14.1 Å². The van der Waals surface area contributed by atoms with E-state index >= 15 is 0 Å². The lowest BCUT2D eigenvalue weighted by molar-refractivity contribution is -0.384. The minimum atomic E-state index is -0.818. The van der Waals surface area contributed by atoms with E-state index < -0.39 is 10.5 Å². The third-order valence-electron chi connectivity index (χ3n) is 3.83. The van der Waals surface area contributed by atoms with Crippen LogP contribution in [0.15, 0.2) is 12.3 Å². The summed E-state index contributed by atoms with van der Waals surface area (Å²) in [6.07, 6.45) is 4.63. The highest BCUT2D eigenvalue weighted by molar-refractivity contribution is 5.93. The Morgan fingerprint density at radius 3 is 2.65 bits per heavy atom. The first-order chi connectivity index (χ1) is 9.32. The highest BCUT2D eigenvalue weighted by Crippen LogP contribution is 2.30. The second kappa shape index (κ2) is 5.24. The number of amides is 1. The van der Waals surface area contributed by atoms with Gasteiger partial charge >= 0.3 is 0 Å². The van der Waals surface area contributed by atoms with Gasteiger partial charge in [-0.05, 0) is 12.8 Å². The molecule has 7 nitrogen and oxygen atoms in total. The van der Waals surface area contributed by atoms with Gasteiger partial charge in [-0.15, -0.1) is 0 Å². The van der Waals surface area contributed by atoms with E-state index in [0.29, 0.717) is 12.8 Å². The third kappa shape index (κ3) is 2.82. The topological polar surface area (TPSA) is 88.6 Å². The second-order valence-electron chi connectivity index (χ2n) is 5.54. The van der Waals surface area contributed by atoms with Crippen LogP contribution in [0.4, 0.5) is 5.69 Å². The van der Waals surface area contributed by atoms with E-state index in [-0.39, 0.29) is 23.8 Å². The molecule has 2 rings (SSSR count). The Morgan fingerprint density at radius 1 is 1.55 bits per heavy atom. The molecule has 1 aliphatic carbocycles. The number of aromatic nitrogens is 1. The Hall–Kier alpha value is -1.89. The van der Waals surface area contributed by atoms with Gasteiger partial charge in [0.15, 0.2) is 0 Å². The maximum Gasteiger partial charge on any atom is 0.287 e. The van der Waals surface area contributed by atoms with Crippen molar-refractivity contribution in [3.8, 4) is 0 Å². The van der Waals surface area contributed by atoms with Gasteiger partial charge < -0.3 is 14.6 Å². The normalized spacial score (nSPS) is 17.1. The number of carbonyl (C=O) groups is 1. The molecule has 1 heterocycles. The third-order valence-corrected chi connectivity index (χ3v) is 3.83. The predicted octanol–water partition coefficient (Wildman–Crippen LogP) is 1.31. The van der Waals surface area contributed by atoms with Crippen LogP contribution in [0.1, 0.15) is 36.2 Å². The zero-order valence-electron chi connectivity index (χ0n) is 11.7. The van der Waals surface area contributed by atoms with Gasteiger partial charge in [0.2, 0.25) is 0 Å². The SMILES string of the molecule is CN(CC1(O)CCCC1)C(=O)c1cc([N+](=O)[O-])cn1C. The summed E-state index contributed by atoms with van der Waals surface area (Å²) in [6, 6.07) is 1.26. The van der Waals surface area contributed by atoms with Crippen LogP contribution in [0.5, 0.6) is 0 Å². The van der Waals surface area contributed by atoms with Crippen molar-refractivity contribution in [3.63, 3.8) is 0 Å². The van der Waals surface area contributed by atoms with Crippen molar-refractivity contribution in [2.75, 3.05) is 13.6 Å². The molecule has 0 bridgehead atoms. The number of nitro groups is 1. The van der Waals surface area contributed by atoms with Crippen LogP contribution in [0.2, 0.25) is 0 Å². The van der Waals surface area contributed by atoms with E-state index in [1.807, 2.05) is 0 Å². The molecule has 7 heteroatoms. The number of likely N-dealkylation sites (N-methyl/N-ethyl adjacent to an activating group) is 1. The largest absolute Gasteiger partial charge is 0.388 e. The smallest absolute Gasteiger partial charge is 0.287 e. The van der Waals surface area contributed by atoms with Crippen molar-refractivity contribution < 1.29 is 14.8 Å². The molecule has 1 aromatic rings. The zero-order chi connectivity index (χ0) is 14.9. The van der Waals surface area contributed by atoms with Gasteiger partial charge in [-0.25, -0.2) is 0 Å². The number of rotatable bonds is 4. The molecule has 1 amide bonds. The van der Waals surface area contributed by atoms with Crippen molar-refractivity contribution in [1.29, 1.82) is 0 Å². The summed E-state index contributed by atoms with van der Waals surface area (Å²) in [5.41, 5.74) is -0.675. The predicted molar refractivity (Wildman–Crippen MR) is 72.4 cm³/mol. The van der Waals surface area contributed by atoms with Crippen LogP contribution < -0.4 is 0 Å². The summed E-state index contributed by atoms with van der Waals surface area (Å²) in [4.78, 5) is 23.9. The second-order valence-corrected chi connectivity index (χ2v) is 5.54. The Bertz CT molecular complexity index is 532. The average molecular weight is 281 g/mol. The lowest BCUT2D eigenvalue weighted by Gasteiger charge is -2.28. The molecule has 0 aliphatic heterocycles. The van der Waals surface area contributed by atoms with Crippen LogP contribution >= 0.6 is 0 Å². The van der Waals surface area contributed by atoms with Gasteiger partial charge in [-0.2, -0.15) is 0 Å². The van der Waals surface area contributed by atoms with E-state index in [4.69, 9.17) is 0 Å². The van der Waals surface area contributed by atoms with E-state index in [0.717, 1.165) is 12.8 Å². The van der Waals surface area contributed by atoms with Gasteiger partial charge in [-0.3, -0.25) is 14.9 Å². The summed E-state index contributed by atoms with van der Waals surface area (Å²) in [6.45, 7) is 0.255. The van der Waals surface area contributed by atoms with Crippen LogP contribution in [0.3, 0.4) is 0 Å². The standard InChI is InChI=1S/C13H19N3O4/c1-14-8-10(16(19)20)7-11(14)12(17)15(2)9-13(18)5-3-4-6-13/h7-8,18H,3-6,9H2,1-2H3. The number of aliphatic hydroxyl groups is 1. The minimum Gasteiger partial charge on any atom is -0.388 e. The first kappa shape index (κ1) is 14.5. The number of aryl methyl sites for hydroxylation is 1. The fourth-order valence-corrected chi connectivity index (χ4v) is 2.76. The fraction of sp³-hybridized carbons (Fsp3) is 0.615. The van der Waals surface area contributed by atoms with E-state index in [9.17, 15) is 20.0 Å². The van der Waals surface area contributed by atoms with Crippen molar-refractivity contribution in [1.82, 2.24) is 9.47 Å². The summed E-state index contributed by atoms with van der Waals surface area (Å²) in [7, 11) is 3.20. The lowest BCUT2D eigenvalue weighted by Crippen LogP contribution is -2.42. The Labute approximate surface area is 116 Å². The molecule has 0 atom stereocenters. The molecular weight excluding hydrogens is 262 g/mol. The first-order valence-electron chi connectivity index (χ1n) is 6.61. The maximum absolute atomic E-state index is 12.3. The van der Waals surface area contributed by atoms with Gasteiger partial charge in [-0.1, -0.05) is 12.8 Å². The fourth-order valence-electron chi connectivity index (χ4n) is 2.76. The summed E-state index contributed by atoms with van der Waals surface area (Å²) < 4.78 is 1.44.